The van der Waals surface area contributed by atoms with Crippen molar-refractivity contribution in [3.05, 3.63) is 54.3 Å². The van der Waals surface area contributed by atoms with Crippen LogP contribution in [0.4, 0.5) is 0 Å². The average Bonchev–Trinajstić information content (AvgIpc) is 3.19. The van der Waals surface area contributed by atoms with E-state index in [-0.39, 0.29) is 5.91 Å². The van der Waals surface area contributed by atoms with E-state index in [1.54, 1.807) is 26.6 Å². The quantitative estimate of drug-likeness (QED) is 0.364. The van der Waals surface area contributed by atoms with Crippen LogP contribution in [0.3, 0.4) is 0 Å². The molecule has 0 atom stereocenters. The molecule has 0 aliphatic heterocycles. The van der Waals surface area contributed by atoms with Gasteiger partial charge in [-0.1, -0.05) is 18.2 Å². The number of hydrogen-bond donors (Lipinski definition) is 1. The van der Waals surface area contributed by atoms with Gasteiger partial charge in [-0.15, -0.1) is 0 Å². The van der Waals surface area contributed by atoms with Crippen molar-refractivity contribution in [2.75, 3.05) is 34.0 Å². The molecule has 0 fully saturated rings. The largest absolute Gasteiger partial charge is 0.496 e. The van der Waals surface area contributed by atoms with Gasteiger partial charge in [0, 0.05) is 54.5 Å². The molecule has 0 radical (unpaired) electrons. The van der Waals surface area contributed by atoms with E-state index in [0.717, 1.165) is 39.8 Å². The molecule has 1 N–H and O–H groups in total. The SMILES string of the molecule is CCOc1cc2occ(-c3ccccc3OC)c2cc1/C(C)=C/C(=O)NCCCOC. The zero-order valence-corrected chi connectivity index (χ0v) is 18.5. The van der Waals surface area contributed by atoms with Crippen LogP contribution in [0.5, 0.6) is 11.5 Å². The lowest BCUT2D eigenvalue weighted by Gasteiger charge is -2.12. The van der Waals surface area contributed by atoms with Crippen molar-refractivity contribution in [3.63, 3.8) is 0 Å². The lowest BCUT2D eigenvalue weighted by Crippen LogP contribution is -2.23. The molecular weight excluding hydrogens is 394 g/mol. The third-order valence-corrected chi connectivity index (χ3v) is 4.97. The molecule has 0 bridgehead atoms. The second-order valence-corrected chi connectivity index (χ2v) is 7.09. The van der Waals surface area contributed by atoms with Crippen LogP contribution in [0.1, 0.15) is 25.8 Å². The number of furan rings is 1. The minimum Gasteiger partial charge on any atom is -0.496 e. The first-order valence-corrected chi connectivity index (χ1v) is 10.4. The van der Waals surface area contributed by atoms with Crippen LogP contribution in [0.2, 0.25) is 0 Å². The van der Waals surface area contributed by atoms with Crippen LogP contribution in [-0.4, -0.2) is 39.9 Å². The van der Waals surface area contributed by atoms with E-state index in [0.29, 0.717) is 31.1 Å². The Hall–Kier alpha value is -3.25. The molecule has 164 valence electrons. The minimum absolute atomic E-state index is 0.145. The number of amides is 1. The number of fused-ring (bicyclic) bond motifs is 1. The molecule has 2 aromatic carbocycles. The van der Waals surface area contributed by atoms with Gasteiger partial charge in [0.15, 0.2) is 0 Å². The Balaban J connectivity index is 2.00. The Bertz CT molecular complexity index is 1070. The summed E-state index contributed by atoms with van der Waals surface area (Å²) in [6, 6.07) is 11.7. The van der Waals surface area contributed by atoms with Crippen LogP contribution in [0.25, 0.3) is 27.7 Å². The number of allylic oxidation sites excluding steroid dienone is 1. The fourth-order valence-corrected chi connectivity index (χ4v) is 3.47. The summed E-state index contributed by atoms with van der Waals surface area (Å²) in [5, 5.41) is 3.81. The highest BCUT2D eigenvalue weighted by molar-refractivity contribution is 6.01. The zero-order valence-electron chi connectivity index (χ0n) is 18.5. The molecule has 1 amide bonds. The highest BCUT2D eigenvalue weighted by Gasteiger charge is 2.17. The Morgan fingerprint density at radius 2 is 1.94 bits per heavy atom. The van der Waals surface area contributed by atoms with Crippen LogP contribution in [-0.2, 0) is 9.53 Å². The molecule has 0 saturated carbocycles. The molecule has 1 aromatic heterocycles. The normalized spacial score (nSPS) is 11.5. The maximum atomic E-state index is 12.3. The number of para-hydroxylation sites is 1. The second kappa shape index (κ2) is 10.7. The zero-order chi connectivity index (χ0) is 22.2. The monoisotopic (exact) mass is 423 g/mol. The Morgan fingerprint density at radius 1 is 1.13 bits per heavy atom. The van der Waals surface area contributed by atoms with E-state index in [9.17, 15) is 4.79 Å². The van der Waals surface area contributed by atoms with E-state index in [2.05, 4.69) is 5.32 Å². The molecule has 3 rings (SSSR count). The van der Waals surface area contributed by atoms with Gasteiger partial charge in [-0.25, -0.2) is 0 Å². The second-order valence-electron chi connectivity index (χ2n) is 7.09. The summed E-state index contributed by atoms with van der Waals surface area (Å²) >= 11 is 0. The number of carbonyl (C=O) groups is 1. The molecule has 31 heavy (non-hydrogen) atoms. The van der Waals surface area contributed by atoms with E-state index in [1.165, 1.54) is 0 Å². The summed E-state index contributed by atoms with van der Waals surface area (Å²) in [6.07, 6.45) is 4.09. The van der Waals surface area contributed by atoms with Crippen molar-refractivity contribution >= 4 is 22.4 Å². The smallest absolute Gasteiger partial charge is 0.244 e. The van der Waals surface area contributed by atoms with Gasteiger partial charge in [0.2, 0.25) is 5.91 Å². The van der Waals surface area contributed by atoms with Crippen molar-refractivity contribution in [2.45, 2.75) is 20.3 Å². The van der Waals surface area contributed by atoms with Crippen LogP contribution in [0, 0.1) is 0 Å². The topological polar surface area (TPSA) is 69.9 Å². The van der Waals surface area contributed by atoms with Crippen molar-refractivity contribution in [2.24, 2.45) is 0 Å². The first kappa shape index (κ1) is 22.4. The van der Waals surface area contributed by atoms with Gasteiger partial charge in [-0.3, -0.25) is 4.79 Å². The van der Waals surface area contributed by atoms with Crippen molar-refractivity contribution in [1.29, 1.82) is 0 Å². The Labute approximate surface area is 182 Å². The van der Waals surface area contributed by atoms with E-state index in [4.69, 9.17) is 18.6 Å². The molecule has 3 aromatic rings. The van der Waals surface area contributed by atoms with Gasteiger partial charge in [-0.2, -0.15) is 0 Å². The van der Waals surface area contributed by atoms with Gasteiger partial charge < -0.3 is 23.9 Å². The Morgan fingerprint density at radius 3 is 2.68 bits per heavy atom. The predicted octanol–water partition coefficient (Wildman–Crippen LogP) is 5.06. The molecule has 0 aliphatic rings. The molecule has 1 heterocycles. The molecule has 0 aliphatic carbocycles. The number of benzene rings is 2. The summed E-state index contributed by atoms with van der Waals surface area (Å²) in [4.78, 5) is 12.3. The summed E-state index contributed by atoms with van der Waals surface area (Å²) in [6.45, 7) is 5.52. The lowest BCUT2D eigenvalue weighted by atomic mass is 9.98. The standard InChI is InChI=1S/C25H29NO5/c1-5-30-23-15-24-20(21(16-31-24)18-9-6-7-10-22(18)29-4)14-19(23)17(2)13-25(27)26-11-8-12-28-3/h6-7,9-10,13-16H,5,8,11-12H2,1-4H3,(H,26,27)/b17-13+. The molecule has 6 heteroatoms. The maximum Gasteiger partial charge on any atom is 0.244 e. The molecule has 0 saturated heterocycles. The molecule has 0 spiro atoms. The third-order valence-electron chi connectivity index (χ3n) is 4.97. The summed E-state index contributed by atoms with van der Waals surface area (Å²) in [5.74, 6) is 1.30. The minimum atomic E-state index is -0.145. The van der Waals surface area contributed by atoms with Crippen molar-refractivity contribution in [3.8, 4) is 22.6 Å². The van der Waals surface area contributed by atoms with Gasteiger partial charge >= 0.3 is 0 Å². The highest BCUT2D eigenvalue weighted by Crippen LogP contribution is 2.40. The summed E-state index contributed by atoms with van der Waals surface area (Å²) < 4.78 is 22.2. The van der Waals surface area contributed by atoms with E-state index < -0.39 is 0 Å². The number of hydrogen-bond acceptors (Lipinski definition) is 5. The molecule has 6 nitrogen and oxygen atoms in total. The van der Waals surface area contributed by atoms with Crippen LogP contribution in [0.15, 0.2) is 53.2 Å². The van der Waals surface area contributed by atoms with Gasteiger partial charge in [0.1, 0.15) is 17.1 Å². The number of carbonyl (C=O) groups excluding carboxylic acids is 1. The van der Waals surface area contributed by atoms with Gasteiger partial charge in [0.25, 0.3) is 0 Å². The number of ether oxygens (including phenoxy) is 3. The highest BCUT2D eigenvalue weighted by atomic mass is 16.5. The van der Waals surface area contributed by atoms with Crippen molar-refractivity contribution in [1.82, 2.24) is 5.32 Å². The van der Waals surface area contributed by atoms with E-state index >= 15 is 0 Å². The fourth-order valence-electron chi connectivity index (χ4n) is 3.47. The van der Waals surface area contributed by atoms with Gasteiger partial charge in [-0.05, 0) is 38.0 Å². The van der Waals surface area contributed by atoms with Crippen LogP contribution < -0.4 is 14.8 Å². The predicted molar refractivity (Wildman–Crippen MR) is 123 cm³/mol. The first-order valence-electron chi connectivity index (χ1n) is 10.4. The summed E-state index contributed by atoms with van der Waals surface area (Å²) in [7, 11) is 3.30. The number of rotatable bonds is 10. The fraction of sp³-hybridized carbons (Fsp3) is 0.320. The first-order chi connectivity index (χ1) is 15.1. The number of methoxy groups -OCH3 is 2. The molecular formula is C25H29NO5. The number of nitrogens with one attached hydrogen (secondary N) is 1. The van der Waals surface area contributed by atoms with E-state index in [1.807, 2.05) is 50.2 Å². The Kier molecular flexibility index (Phi) is 7.73. The van der Waals surface area contributed by atoms with Gasteiger partial charge in [0.05, 0.1) is 20.0 Å². The maximum absolute atomic E-state index is 12.3. The average molecular weight is 424 g/mol. The lowest BCUT2D eigenvalue weighted by molar-refractivity contribution is -0.116. The van der Waals surface area contributed by atoms with Crippen molar-refractivity contribution < 1.29 is 23.4 Å². The van der Waals surface area contributed by atoms with Crippen LogP contribution >= 0.6 is 0 Å². The molecule has 0 unspecified atom stereocenters. The summed E-state index contributed by atoms with van der Waals surface area (Å²) in [5.41, 5.74) is 4.23. The third kappa shape index (κ3) is 5.27.